The van der Waals surface area contributed by atoms with Crippen molar-refractivity contribution in [2.45, 2.75) is 13.1 Å². The maximum atomic E-state index is 12.8. The molecule has 2 N–H and O–H groups in total. The molecule has 5 nitrogen and oxygen atoms in total. The topological polar surface area (TPSA) is 66.4 Å². The monoisotopic (exact) mass is 304 g/mol. The molecule has 2 aromatic rings. The smallest absolute Gasteiger partial charge is 0.252 e. The lowest BCUT2D eigenvalue weighted by molar-refractivity contribution is 0.0949. The fraction of sp³-hybridized carbons (Fsp3) is 0.167. The van der Waals surface area contributed by atoms with Crippen LogP contribution < -0.4 is 10.6 Å². The second kappa shape index (κ2) is 5.68. The van der Waals surface area contributed by atoms with E-state index in [0.717, 1.165) is 40.2 Å². The van der Waals surface area contributed by atoms with Crippen LogP contribution in [-0.4, -0.2) is 23.7 Å². The number of aromatic nitrogens is 1. The highest BCUT2D eigenvalue weighted by Crippen LogP contribution is 2.32. The third kappa shape index (κ3) is 2.50. The molecule has 114 valence electrons. The van der Waals surface area contributed by atoms with Gasteiger partial charge in [-0.2, -0.15) is 0 Å². The van der Waals surface area contributed by atoms with Gasteiger partial charge in [0.2, 0.25) is 0 Å². The molecule has 0 radical (unpaired) electrons. The zero-order valence-corrected chi connectivity index (χ0v) is 12.5. The summed E-state index contributed by atoms with van der Waals surface area (Å²) in [5.74, 6) is -0.0809. The Kier molecular flexibility index (Phi) is 3.38. The SMILES string of the molecule is O=C(NCc1ccccn1)c1c2c(cc3c1CN=C3)NCC=C2. The molecule has 0 unspecified atom stereocenters. The van der Waals surface area contributed by atoms with Gasteiger partial charge < -0.3 is 10.6 Å². The van der Waals surface area contributed by atoms with E-state index in [2.05, 4.69) is 26.7 Å². The van der Waals surface area contributed by atoms with Crippen molar-refractivity contribution in [1.82, 2.24) is 10.3 Å². The van der Waals surface area contributed by atoms with Crippen molar-refractivity contribution in [3.8, 4) is 0 Å². The fourth-order valence-corrected chi connectivity index (χ4v) is 2.97. The minimum Gasteiger partial charge on any atom is -0.381 e. The van der Waals surface area contributed by atoms with Gasteiger partial charge in [-0.15, -0.1) is 0 Å². The van der Waals surface area contributed by atoms with Crippen LogP contribution in [-0.2, 0) is 13.1 Å². The van der Waals surface area contributed by atoms with E-state index >= 15 is 0 Å². The number of benzene rings is 1. The Morgan fingerprint density at radius 3 is 3.17 bits per heavy atom. The highest BCUT2D eigenvalue weighted by molar-refractivity contribution is 6.05. The highest BCUT2D eigenvalue weighted by Gasteiger charge is 2.24. The van der Waals surface area contributed by atoms with Gasteiger partial charge in [-0.1, -0.05) is 18.2 Å². The van der Waals surface area contributed by atoms with Crippen LogP contribution in [0.5, 0.6) is 0 Å². The van der Waals surface area contributed by atoms with Crippen molar-refractivity contribution in [3.63, 3.8) is 0 Å². The molecule has 0 aliphatic carbocycles. The highest BCUT2D eigenvalue weighted by atomic mass is 16.1. The molecule has 3 heterocycles. The molecule has 0 spiro atoms. The number of aliphatic imine (C=N–C) groups is 1. The van der Waals surface area contributed by atoms with Crippen LogP contribution in [0.3, 0.4) is 0 Å². The molecule has 4 rings (SSSR count). The number of hydrogen-bond acceptors (Lipinski definition) is 4. The van der Waals surface area contributed by atoms with Crippen molar-refractivity contribution in [1.29, 1.82) is 0 Å². The second-order valence-corrected chi connectivity index (χ2v) is 5.54. The number of carbonyl (C=O) groups excluding carboxylic acids is 1. The van der Waals surface area contributed by atoms with Crippen LogP contribution in [0.25, 0.3) is 6.08 Å². The minimum absolute atomic E-state index is 0.0809. The van der Waals surface area contributed by atoms with Gasteiger partial charge in [-0.05, 0) is 23.8 Å². The van der Waals surface area contributed by atoms with E-state index in [1.807, 2.05) is 36.6 Å². The molecule has 2 aliphatic heterocycles. The van der Waals surface area contributed by atoms with E-state index in [1.54, 1.807) is 6.20 Å². The predicted molar refractivity (Wildman–Crippen MR) is 90.7 cm³/mol. The summed E-state index contributed by atoms with van der Waals surface area (Å²) in [4.78, 5) is 21.3. The first-order chi connectivity index (χ1) is 11.3. The number of rotatable bonds is 3. The molecule has 1 aromatic heterocycles. The van der Waals surface area contributed by atoms with Gasteiger partial charge in [0.25, 0.3) is 5.91 Å². The maximum absolute atomic E-state index is 12.8. The van der Waals surface area contributed by atoms with E-state index in [4.69, 9.17) is 0 Å². The number of nitrogens with zero attached hydrogens (tertiary/aromatic N) is 2. The summed E-state index contributed by atoms with van der Waals surface area (Å²) in [6.07, 6.45) is 7.61. The zero-order valence-electron chi connectivity index (χ0n) is 12.5. The lowest BCUT2D eigenvalue weighted by Gasteiger charge is -2.19. The van der Waals surface area contributed by atoms with Crippen molar-refractivity contribution < 1.29 is 4.79 Å². The number of amides is 1. The Morgan fingerprint density at radius 1 is 1.35 bits per heavy atom. The van der Waals surface area contributed by atoms with E-state index in [1.165, 1.54) is 0 Å². The van der Waals surface area contributed by atoms with Crippen LogP contribution in [0, 0.1) is 0 Å². The molecule has 1 amide bonds. The molecule has 0 saturated heterocycles. The number of fused-ring (bicyclic) bond motifs is 2. The van der Waals surface area contributed by atoms with Gasteiger partial charge in [0.1, 0.15) is 0 Å². The second-order valence-electron chi connectivity index (χ2n) is 5.54. The Labute approximate surface area is 134 Å². The third-order valence-electron chi connectivity index (χ3n) is 4.07. The number of anilines is 1. The van der Waals surface area contributed by atoms with Gasteiger partial charge >= 0.3 is 0 Å². The fourth-order valence-electron chi connectivity index (χ4n) is 2.97. The van der Waals surface area contributed by atoms with Crippen molar-refractivity contribution >= 4 is 23.9 Å². The number of nitrogens with one attached hydrogen (secondary N) is 2. The normalized spacial score (nSPS) is 14.1. The van der Waals surface area contributed by atoms with Gasteiger partial charge in [0.15, 0.2) is 0 Å². The van der Waals surface area contributed by atoms with Crippen LogP contribution in [0.2, 0.25) is 0 Å². The molecular weight excluding hydrogens is 288 g/mol. The summed E-state index contributed by atoms with van der Waals surface area (Å²) in [7, 11) is 0. The Balaban J connectivity index is 1.67. The lowest BCUT2D eigenvalue weighted by atomic mass is 9.93. The van der Waals surface area contributed by atoms with E-state index in [0.29, 0.717) is 13.1 Å². The molecule has 0 saturated carbocycles. The summed E-state index contributed by atoms with van der Waals surface area (Å²) in [6, 6.07) is 7.74. The van der Waals surface area contributed by atoms with E-state index < -0.39 is 0 Å². The number of pyridine rings is 1. The first kappa shape index (κ1) is 13.7. The summed E-state index contributed by atoms with van der Waals surface area (Å²) < 4.78 is 0. The van der Waals surface area contributed by atoms with Crippen LogP contribution >= 0.6 is 0 Å². The van der Waals surface area contributed by atoms with Crippen LogP contribution in [0.15, 0.2) is 41.5 Å². The zero-order chi connectivity index (χ0) is 15.6. The van der Waals surface area contributed by atoms with Crippen molar-refractivity contribution in [2.75, 3.05) is 11.9 Å². The average Bonchev–Trinajstić information content (AvgIpc) is 3.06. The molecule has 0 atom stereocenters. The van der Waals surface area contributed by atoms with Gasteiger partial charge in [0, 0.05) is 35.8 Å². The largest absolute Gasteiger partial charge is 0.381 e. The first-order valence-electron chi connectivity index (χ1n) is 7.61. The van der Waals surface area contributed by atoms with Crippen molar-refractivity contribution in [2.24, 2.45) is 4.99 Å². The van der Waals surface area contributed by atoms with Crippen LogP contribution in [0.4, 0.5) is 5.69 Å². The Bertz CT molecular complexity index is 825. The standard InChI is InChI=1S/C18H16N4O/c23-18(22-10-13-4-1-2-6-20-13)17-14-5-3-7-21-16(14)8-12-9-19-11-15(12)17/h1-6,8-9,21H,7,10-11H2,(H,22,23). The Morgan fingerprint density at radius 2 is 2.30 bits per heavy atom. The molecule has 1 aromatic carbocycles. The van der Waals surface area contributed by atoms with E-state index in [-0.39, 0.29) is 5.91 Å². The van der Waals surface area contributed by atoms with Crippen molar-refractivity contribution in [3.05, 3.63) is 64.5 Å². The first-order valence-corrected chi connectivity index (χ1v) is 7.61. The maximum Gasteiger partial charge on any atom is 0.252 e. The molecule has 0 bridgehead atoms. The Hall–Kier alpha value is -2.95. The molecule has 2 aliphatic rings. The van der Waals surface area contributed by atoms with Crippen LogP contribution in [0.1, 0.15) is 32.7 Å². The lowest BCUT2D eigenvalue weighted by Crippen LogP contribution is -2.26. The van der Waals surface area contributed by atoms with Gasteiger partial charge in [-0.25, -0.2) is 0 Å². The van der Waals surface area contributed by atoms with E-state index in [9.17, 15) is 4.79 Å². The summed E-state index contributed by atoms with van der Waals surface area (Å²) in [5, 5.41) is 6.30. The average molecular weight is 304 g/mol. The summed E-state index contributed by atoms with van der Waals surface area (Å²) in [6.45, 7) is 1.75. The number of carbonyl (C=O) groups is 1. The summed E-state index contributed by atoms with van der Waals surface area (Å²) in [5.41, 5.74) is 5.51. The van der Waals surface area contributed by atoms with Gasteiger partial charge in [-0.3, -0.25) is 14.8 Å². The predicted octanol–water partition coefficient (Wildman–Crippen LogP) is 2.38. The third-order valence-corrected chi connectivity index (χ3v) is 4.07. The molecular formula is C18H16N4O. The minimum atomic E-state index is -0.0809. The molecule has 0 fully saturated rings. The van der Waals surface area contributed by atoms with Gasteiger partial charge in [0.05, 0.1) is 24.3 Å². The molecule has 5 heteroatoms. The molecule has 23 heavy (non-hydrogen) atoms. The quantitative estimate of drug-likeness (QED) is 0.915. The summed E-state index contributed by atoms with van der Waals surface area (Å²) >= 11 is 0. The number of hydrogen-bond donors (Lipinski definition) is 2.